The number of carbonyl (C=O) groups is 1. The molecule has 1 atom stereocenters. The maximum atomic E-state index is 12.9. The molecule has 1 aliphatic carbocycles. The molecule has 0 bridgehead atoms. The van der Waals surface area contributed by atoms with Crippen LogP contribution >= 0.6 is 0 Å². The summed E-state index contributed by atoms with van der Waals surface area (Å²) in [6.45, 7) is 3.76. The molecule has 2 aromatic heterocycles. The van der Waals surface area contributed by atoms with E-state index in [0.29, 0.717) is 17.0 Å². The van der Waals surface area contributed by atoms with Gasteiger partial charge in [0.05, 0.1) is 6.04 Å². The van der Waals surface area contributed by atoms with Crippen molar-refractivity contribution in [3.05, 3.63) is 70.7 Å². The number of pyridine rings is 1. The summed E-state index contributed by atoms with van der Waals surface area (Å²) >= 11 is 0. The lowest BCUT2D eigenvalue weighted by Crippen LogP contribution is -2.27. The molecule has 0 aliphatic heterocycles. The minimum atomic E-state index is -0.177. The van der Waals surface area contributed by atoms with Crippen LogP contribution in [0.4, 0.5) is 0 Å². The Morgan fingerprint density at radius 1 is 1.15 bits per heavy atom. The van der Waals surface area contributed by atoms with Crippen molar-refractivity contribution >= 4 is 5.91 Å². The highest BCUT2D eigenvalue weighted by atomic mass is 16.5. The average molecular weight is 347 g/mol. The molecule has 5 nitrogen and oxygen atoms in total. The molecule has 0 spiro atoms. The topological polar surface area (TPSA) is 68.0 Å². The van der Waals surface area contributed by atoms with Crippen LogP contribution in [0.5, 0.6) is 0 Å². The number of aryl methyl sites for hydroxylation is 3. The molecular weight excluding hydrogens is 326 g/mol. The number of hydrogen-bond acceptors (Lipinski definition) is 4. The molecule has 0 fully saturated rings. The van der Waals surface area contributed by atoms with E-state index in [2.05, 4.69) is 33.7 Å². The van der Waals surface area contributed by atoms with Crippen molar-refractivity contribution in [3.8, 4) is 11.3 Å². The van der Waals surface area contributed by atoms with Crippen LogP contribution in [0.15, 0.2) is 47.2 Å². The van der Waals surface area contributed by atoms with E-state index in [0.717, 1.165) is 24.0 Å². The van der Waals surface area contributed by atoms with E-state index in [4.69, 9.17) is 4.52 Å². The van der Waals surface area contributed by atoms with E-state index in [1.807, 2.05) is 19.1 Å². The Labute approximate surface area is 152 Å². The lowest BCUT2D eigenvalue weighted by atomic mass is 10.0. The molecular formula is C21H21N3O2. The van der Waals surface area contributed by atoms with Crippen LogP contribution in [0.2, 0.25) is 0 Å². The van der Waals surface area contributed by atoms with Crippen molar-refractivity contribution in [1.29, 1.82) is 0 Å². The maximum absolute atomic E-state index is 12.9. The number of carbonyl (C=O) groups excluding carboxylic acids is 1. The molecule has 1 aromatic carbocycles. The fourth-order valence-electron chi connectivity index (χ4n) is 3.56. The van der Waals surface area contributed by atoms with Crippen LogP contribution in [-0.2, 0) is 12.8 Å². The van der Waals surface area contributed by atoms with Crippen LogP contribution in [0, 0.1) is 6.92 Å². The van der Waals surface area contributed by atoms with E-state index in [1.165, 1.54) is 17.5 Å². The largest absolute Gasteiger partial charge is 0.360 e. The van der Waals surface area contributed by atoms with Crippen molar-refractivity contribution < 1.29 is 9.32 Å². The number of nitrogens with one attached hydrogen (secondary N) is 1. The van der Waals surface area contributed by atoms with Crippen molar-refractivity contribution in [1.82, 2.24) is 15.5 Å². The highest BCUT2D eigenvalue weighted by Gasteiger charge is 2.23. The minimum absolute atomic E-state index is 0.0898. The second-order valence-electron chi connectivity index (χ2n) is 6.78. The SMILES string of the molecule is Cc1onc(-c2ccncc2)c1C(=O)N[C@H](C)c1ccc2c(c1)CCC2. The van der Waals surface area contributed by atoms with Gasteiger partial charge in [0.25, 0.3) is 5.91 Å². The number of amides is 1. The molecule has 132 valence electrons. The standard InChI is InChI=1S/C21H21N3O2/c1-13(17-7-6-15-4-3-5-18(15)12-17)23-21(25)19-14(2)26-24-20(19)16-8-10-22-11-9-16/h6-13H,3-5H2,1-2H3,(H,23,25)/t13-/m1/s1. The second kappa shape index (κ2) is 6.75. The van der Waals surface area contributed by atoms with Gasteiger partial charge in [0, 0.05) is 18.0 Å². The van der Waals surface area contributed by atoms with Crippen molar-refractivity contribution in [2.75, 3.05) is 0 Å². The Hall–Kier alpha value is -2.95. The first kappa shape index (κ1) is 16.5. The van der Waals surface area contributed by atoms with Gasteiger partial charge in [-0.15, -0.1) is 0 Å². The summed E-state index contributed by atoms with van der Waals surface area (Å²) in [6.07, 6.45) is 6.85. The predicted molar refractivity (Wildman–Crippen MR) is 98.8 cm³/mol. The third kappa shape index (κ3) is 3.01. The third-order valence-corrected chi connectivity index (χ3v) is 5.01. The molecule has 4 rings (SSSR count). The van der Waals surface area contributed by atoms with E-state index in [9.17, 15) is 4.79 Å². The van der Waals surface area contributed by atoms with Gasteiger partial charge in [-0.25, -0.2) is 0 Å². The Morgan fingerprint density at radius 3 is 2.73 bits per heavy atom. The average Bonchev–Trinajstić information content (AvgIpc) is 3.28. The first-order valence-corrected chi connectivity index (χ1v) is 8.92. The summed E-state index contributed by atoms with van der Waals surface area (Å²) in [7, 11) is 0. The van der Waals surface area contributed by atoms with Crippen molar-refractivity contribution in [2.45, 2.75) is 39.2 Å². The van der Waals surface area contributed by atoms with E-state index in [1.54, 1.807) is 19.3 Å². The number of rotatable bonds is 4. The molecule has 2 heterocycles. The van der Waals surface area contributed by atoms with Gasteiger partial charge < -0.3 is 9.84 Å². The first-order valence-electron chi connectivity index (χ1n) is 8.92. The van der Waals surface area contributed by atoms with Gasteiger partial charge >= 0.3 is 0 Å². The Bertz CT molecular complexity index is 947. The molecule has 1 N–H and O–H groups in total. The van der Waals surface area contributed by atoms with Crippen LogP contribution in [0.25, 0.3) is 11.3 Å². The summed E-state index contributed by atoms with van der Waals surface area (Å²) in [4.78, 5) is 16.9. The van der Waals surface area contributed by atoms with E-state index < -0.39 is 0 Å². The van der Waals surface area contributed by atoms with Gasteiger partial charge in [0.15, 0.2) is 0 Å². The Kier molecular flexibility index (Phi) is 4.29. The number of aromatic nitrogens is 2. The lowest BCUT2D eigenvalue weighted by molar-refractivity contribution is 0.0939. The number of nitrogens with zero attached hydrogens (tertiary/aromatic N) is 2. The molecule has 0 saturated heterocycles. The van der Waals surface area contributed by atoms with Crippen molar-refractivity contribution in [3.63, 3.8) is 0 Å². The lowest BCUT2D eigenvalue weighted by Gasteiger charge is -2.16. The molecule has 1 aliphatic rings. The monoisotopic (exact) mass is 347 g/mol. The van der Waals surface area contributed by atoms with Crippen molar-refractivity contribution in [2.24, 2.45) is 0 Å². The Morgan fingerprint density at radius 2 is 1.92 bits per heavy atom. The second-order valence-corrected chi connectivity index (χ2v) is 6.78. The molecule has 0 saturated carbocycles. The van der Waals surface area contributed by atoms with Gasteiger partial charge in [0.2, 0.25) is 0 Å². The normalized spacial score (nSPS) is 14.1. The zero-order chi connectivity index (χ0) is 18.1. The molecule has 5 heteroatoms. The highest BCUT2D eigenvalue weighted by Crippen LogP contribution is 2.27. The fourth-order valence-corrected chi connectivity index (χ4v) is 3.56. The van der Waals surface area contributed by atoms with E-state index in [-0.39, 0.29) is 11.9 Å². The summed E-state index contributed by atoms with van der Waals surface area (Å²) < 4.78 is 5.29. The summed E-state index contributed by atoms with van der Waals surface area (Å²) in [5.74, 6) is 0.332. The van der Waals surface area contributed by atoms with Gasteiger partial charge in [-0.1, -0.05) is 23.4 Å². The number of fused-ring (bicyclic) bond motifs is 1. The summed E-state index contributed by atoms with van der Waals surface area (Å²) in [5, 5.41) is 7.16. The molecule has 0 radical (unpaired) electrons. The highest BCUT2D eigenvalue weighted by molar-refractivity contribution is 6.00. The summed E-state index contributed by atoms with van der Waals surface area (Å²) in [5.41, 5.74) is 5.79. The maximum Gasteiger partial charge on any atom is 0.257 e. The number of hydrogen-bond donors (Lipinski definition) is 1. The zero-order valence-corrected chi connectivity index (χ0v) is 15.0. The molecule has 1 amide bonds. The Balaban J connectivity index is 1.58. The predicted octanol–water partition coefficient (Wildman–Crippen LogP) is 4.02. The van der Waals surface area contributed by atoms with Crippen LogP contribution in [-0.4, -0.2) is 16.0 Å². The van der Waals surface area contributed by atoms with Crippen LogP contribution in [0.1, 0.15) is 52.2 Å². The number of benzene rings is 1. The molecule has 0 unspecified atom stereocenters. The van der Waals surface area contributed by atoms with Crippen LogP contribution < -0.4 is 5.32 Å². The molecule has 3 aromatic rings. The minimum Gasteiger partial charge on any atom is -0.360 e. The van der Waals surface area contributed by atoms with E-state index >= 15 is 0 Å². The summed E-state index contributed by atoms with van der Waals surface area (Å²) in [6, 6.07) is 10.1. The smallest absolute Gasteiger partial charge is 0.257 e. The van der Waals surface area contributed by atoms with Gasteiger partial charge in [-0.2, -0.15) is 0 Å². The third-order valence-electron chi connectivity index (χ3n) is 5.01. The zero-order valence-electron chi connectivity index (χ0n) is 15.0. The molecule has 26 heavy (non-hydrogen) atoms. The van der Waals surface area contributed by atoms with Gasteiger partial charge in [-0.3, -0.25) is 9.78 Å². The first-order chi connectivity index (χ1) is 12.6. The van der Waals surface area contributed by atoms with Gasteiger partial charge in [0.1, 0.15) is 17.0 Å². The quantitative estimate of drug-likeness (QED) is 0.774. The van der Waals surface area contributed by atoms with Crippen LogP contribution in [0.3, 0.4) is 0 Å². The van der Waals surface area contributed by atoms with Gasteiger partial charge in [-0.05, 0) is 61.9 Å². The fraction of sp³-hybridized carbons (Fsp3) is 0.286.